The van der Waals surface area contributed by atoms with Crippen LogP contribution >= 0.6 is 0 Å². The molecule has 1 unspecified atom stereocenters. The molecule has 35 heavy (non-hydrogen) atoms. The van der Waals surface area contributed by atoms with Gasteiger partial charge in [-0.15, -0.1) is 0 Å². The molecule has 2 aromatic carbocycles. The largest absolute Gasteiger partial charge is 0.406 e. The summed E-state index contributed by atoms with van der Waals surface area (Å²) >= 11 is 0. The van der Waals surface area contributed by atoms with Gasteiger partial charge in [-0.2, -0.15) is 18.3 Å². The van der Waals surface area contributed by atoms with Gasteiger partial charge in [0.25, 0.3) is 5.91 Å². The van der Waals surface area contributed by atoms with Crippen LogP contribution in [-0.2, 0) is 11.2 Å². The monoisotopic (exact) mass is 487 g/mol. The van der Waals surface area contributed by atoms with E-state index in [-0.39, 0.29) is 17.1 Å². The number of carbonyl (C=O) groups is 1. The van der Waals surface area contributed by atoms with E-state index in [2.05, 4.69) is 10.1 Å². The maximum Gasteiger partial charge on any atom is 0.406 e. The zero-order valence-corrected chi connectivity index (χ0v) is 18.8. The number of quaternary nitrogens is 1. The van der Waals surface area contributed by atoms with Crippen LogP contribution in [0.15, 0.2) is 66.3 Å². The first kappa shape index (κ1) is 24.3. The third-order valence-electron chi connectivity index (χ3n) is 5.77. The number of rotatable bonds is 6. The van der Waals surface area contributed by atoms with Crippen LogP contribution in [0.2, 0.25) is 0 Å². The highest BCUT2D eigenvalue weighted by atomic mass is 19.4. The van der Waals surface area contributed by atoms with Crippen LogP contribution in [0.25, 0.3) is 11.4 Å². The molecule has 2 heterocycles. The summed E-state index contributed by atoms with van der Waals surface area (Å²) in [7, 11) is 0. The first-order valence-corrected chi connectivity index (χ1v) is 10.9. The normalized spacial score (nSPS) is 16.7. The fourth-order valence-corrected chi connectivity index (χ4v) is 4.09. The molecule has 11 heteroatoms. The Balaban J connectivity index is 1.58. The molecule has 1 aliphatic heterocycles. The molecule has 4 rings (SSSR count). The molecule has 1 aromatic heterocycles. The number of nitrogens with one attached hydrogen (secondary N) is 1. The molecule has 1 atom stereocenters. The summed E-state index contributed by atoms with van der Waals surface area (Å²) in [5, 5.41) is 4.89. The number of hydrogen-bond acceptors (Lipinski definition) is 4. The third kappa shape index (κ3) is 5.46. The van der Waals surface area contributed by atoms with Gasteiger partial charge in [0.15, 0.2) is 6.04 Å². The molecule has 0 radical (unpaired) electrons. The molecule has 0 fully saturated rings. The Morgan fingerprint density at radius 3 is 2.69 bits per heavy atom. The van der Waals surface area contributed by atoms with Crippen LogP contribution in [0, 0.1) is 18.3 Å². The Morgan fingerprint density at radius 1 is 1.26 bits per heavy atom. The number of carbonyl (C=O) groups excluding carboxylic acids is 1. The summed E-state index contributed by atoms with van der Waals surface area (Å²) in [5.41, 5.74) is 9.78. The van der Waals surface area contributed by atoms with Crippen molar-refractivity contribution >= 4 is 17.3 Å². The van der Waals surface area contributed by atoms with Crippen molar-refractivity contribution in [1.82, 2.24) is 9.55 Å². The minimum atomic E-state index is -4.57. The summed E-state index contributed by atoms with van der Waals surface area (Å²) in [5.74, 6) is -1.25. The molecular formula is C24H23F4N6O+. The van der Waals surface area contributed by atoms with Crippen LogP contribution in [0.3, 0.4) is 0 Å². The van der Waals surface area contributed by atoms with Crippen LogP contribution in [0.4, 0.5) is 23.2 Å². The van der Waals surface area contributed by atoms with Gasteiger partial charge in [-0.3, -0.25) is 9.69 Å². The number of benzene rings is 2. The number of nitrogens with two attached hydrogens (primary N) is 1. The van der Waals surface area contributed by atoms with E-state index >= 15 is 0 Å². The van der Waals surface area contributed by atoms with Gasteiger partial charge in [0.05, 0.1) is 17.7 Å². The molecule has 3 aromatic rings. The minimum absolute atomic E-state index is 0.0780. The fourth-order valence-electron chi connectivity index (χ4n) is 4.09. The lowest BCUT2D eigenvalue weighted by Gasteiger charge is -2.25. The number of anilines is 1. The van der Waals surface area contributed by atoms with Gasteiger partial charge in [-0.05, 0) is 37.1 Å². The van der Waals surface area contributed by atoms with Crippen LogP contribution in [0.1, 0.15) is 23.2 Å². The summed E-state index contributed by atoms with van der Waals surface area (Å²) in [6.45, 7) is 0.383. The Hall–Kier alpha value is -3.86. The molecule has 1 amide bonds. The lowest BCUT2D eigenvalue weighted by Crippen LogP contribution is -2.88. The highest BCUT2D eigenvalue weighted by molar-refractivity contribution is 5.97. The van der Waals surface area contributed by atoms with Crippen molar-refractivity contribution in [2.45, 2.75) is 32.0 Å². The van der Waals surface area contributed by atoms with Gasteiger partial charge < -0.3 is 9.88 Å². The van der Waals surface area contributed by atoms with Crippen LogP contribution < -0.4 is 10.2 Å². The van der Waals surface area contributed by atoms with Crippen molar-refractivity contribution in [3.05, 3.63) is 83.8 Å². The SMILES string of the molecule is Cc1cn(-c2ccc(/C(=C/[NH2+]C3CCc4ccccc4N(CC(F)(F)F)C3=O)N=N)cc2F)cn1. The van der Waals surface area contributed by atoms with Gasteiger partial charge in [-0.1, -0.05) is 24.3 Å². The Labute approximate surface area is 198 Å². The van der Waals surface area contributed by atoms with E-state index < -0.39 is 30.5 Å². The van der Waals surface area contributed by atoms with Crippen molar-refractivity contribution in [2.24, 2.45) is 5.11 Å². The Kier molecular flexibility index (Phi) is 6.79. The van der Waals surface area contributed by atoms with Crippen molar-refractivity contribution in [3.63, 3.8) is 0 Å². The molecule has 0 saturated carbocycles. The number of halogens is 4. The van der Waals surface area contributed by atoms with Crippen LogP contribution in [-0.4, -0.2) is 34.2 Å². The summed E-state index contributed by atoms with van der Waals surface area (Å²) in [6, 6.07) is 9.98. The van der Waals surface area contributed by atoms with Gasteiger partial charge in [0.1, 0.15) is 24.3 Å². The minimum Gasteiger partial charge on any atom is -0.308 e. The second-order valence-electron chi connectivity index (χ2n) is 8.26. The molecule has 0 bridgehead atoms. The maximum atomic E-state index is 14.8. The Morgan fingerprint density at radius 2 is 2.03 bits per heavy atom. The number of fused-ring (bicyclic) bond motifs is 1. The molecule has 7 nitrogen and oxygen atoms in total. The first-order valence-electron chi connectivity index (χ1n) is 10.9. The van der Waals surface area contributed by atoms with E-state index in [1.807, 2.05) is 0 Å². The lowest BCUT2D eigenvalue weighted by molar-refractivity contribution is -0.612. The zero-order chi connectivity index (χ0) is 25.2. The number of alkyl halides is 3. The van der Waals surface area contributed by atoms with Crippen molar-refractivity contribution in [2.75, 3.05) is 11.4 Å². The molecule has 0 spiro atoms. The predicted molar refractivity (Wildman–Crippen MR) is 120 cm³/mol. The molecule has 182 valence electrons. The average molecular weight is 487 g/mol. The number of hydrogen-bond donors (Lipinski definition) is 2. The molecule has 1 aliphatic rings. The van der Waals surface area contributed by atoms with E-state index in [0.717, 1.165) is 10.6 Å². The van der Waals surface area contributed by atoms with Gasteiger partial charge in [-0.25, -0.2) is 14.9 Å². The van der Waals surface area contributed by atoms with E-state index in [1.54, 1.807) is 37.4 Å². The number of aromatic nitrogens is 2. The number of imidazole rings is 1. The zero-order valence-electron chi connectivity index (χ0n) is 18.8. The lowest BCUT2D eigenvalue weighted by atomic mass is 10.1. The molecule has 0 saturated heterocycles. The summed E-state index contributed by atoms with van der Waals surface area (Å²) in [6.07, 6.45) is 0.663. The van der Waals surface area contributed by atoms with Gasteiger partial charge in [0.2, 0.25) is 0 Å². The van der Waals surface area contributed by atoms with Crippen LogP contribution in [0.5, 0.6) is 0 Å². The number of para-hydroxylation sites is 1. The maximum absolute atomic E-state index is 14.8. The first-order chi connectivity index (χ1) is 16.7. The standard InChI is InChI=1S/C24H22F4N6O/c1-15-12-33(14-31-15)22-9-7-17(10-18(22)25)20(32-29)11-30-19-8-6-16-4-2-3-5-21(16)34(23(19)35)13-24(26,27)28/h2-5,7,9-12,14,19,29-30H,6,8,13H2,1H3/p+1/b20-11-,32-29?. The second kappa shape index (κ2) is 9.79. The van der Waals surface area contributed by atoms with E-state index in [9.17, 15) is 22.4 Å². The second-order valence-corrected chi connectivity index (χ2v) is 8.26. The van der Waals surface area contributed by atoms with Crippen molar-refractivity contribution in [3.8, 4) is 5.69 Å². The summed E-state index contributed by atoms with van der Waals surface area (Å²) < 4.78 is 56.0. The molecule has 3 N–H and O–H groups in total. The average Bonchev–Trinajstić information content (AvgIpc) is 3.20. The highest BCUT2D eigenvalue weighted by Crippen LogP contribution is 2.29. The quantitative estimate of drug-likeness (QED) is 0.405. The fraction of sp³-hybridized carbons (Fsp3) is 0.250. The predicted octanol–water partition coefficient (Wildman–Crippen LogP) is 4.12. The number of amides is 1. The van der Waals surface area contributed by atoms with E-state index in [4.69, 9.17) is 5.53 Å². The van der Waals surface area contributed by atoms with Crippen molar-refractivity contribution < 1.29 is 27.7 Å². The van der Waals surface area contributed by atoms with Gasteiger partial charge >= 0.3 is 6.18 Å². The third-order valence-corrected chi connectivity index (χ3v) is 5.77. The molecule has 0 aliphatic carbocycles. The van der Waals surface area contributed by atoms with E-state index in [0.29, 0.717) is 24.0 Å². The van der Waals surface area contributed by atoms with E-state index in [1.165, 1.54) is 40.6 Å². The Bertz CT molecular complexity index is 1280. The number of aryl methyl sites for hydroxylation is 2. The highest BCUT2D eigenvalue weighted by Gasteiger charge is 2.39. The van der Waals surface area contributed by atoms with Crippen molar-refractivity contribution in [1.29, 1.82) is 5.53 Å². The topological polar surface area (TPSA) is 91.0 Å². The van der Waals surface area contributed by atoms with Gasteiger partial charge in [0, 0.05) is 23.9 Å². The smallest absolute Gasteiger partial charge is 0.308 e. The summed E-state index contributed by atoms with van der Waals surface area (Å²) in [4.78, 5) is 17.9. The number of nitrogens with zero attached hydrogens (tertiary/aromatic N) is 4. The molecular weight excluding hydrogens is 464 g/mol.